The van der Waals surface area contributed by atoms with Crippen LogP contribution in [0.15, 0.2) is 81.8 Å². The van der Waals surface area contributed by atoms with Crippen molar-refractivity contribution in [1.82, 2.24) is 30.1 Å². The van der Waals surface area contributed by atoms with E-state index in [4.69, 9.17) is 51.2 Å². The van der Waals surface area contributed by atoms with E-state index < -0.39 is 0 Å². The van der Waals surface area contributed by atoms with Gasteiger partial charge in [-0.2, -0.15) is 9.97 Å². The van der Waals surface area contributed by atoms with Gasteiger partial charge in [-0.15, -0.1) is 12.4 Å². The number of carbonyl (C=O) groups excluding carboxylic acids is 2. The molecular weight excluding hydrogens is 871 g/mol. The summed E-state index contributed by atoms with van der Waals surface area (Å²) in [6, 6.07) is 23.1. The topological polar surface area (TPSA) is 155 Å². The number of hydrogen-bond acceptors (Lipinski definition) is 14. The van der Waals surface area contributed by atoms with E-state index in [0.717, 1.165) is 48.4 Å². The van der Waals surface area contributed by atoms with Gasteiger partial charge >= 0.3 is 11.9 Å². The maximum atomic E-state index is 11.4. The van der Waals surface area contributed by atoms with Gasteiger partial charge in [-0.05, 0) is 111 Å². The molecule has 14 nitrogen and oxygen atoms in total. The number of halogens is 3. The van der Waals surface area contributed by atoms with E-state index >= 15 is 0 Å². The molecule has 63 heavy (non-hydrogen) atoms. The number of nitrogens with zero attached hydrogens (tertiary/aromatic N) is 6. The van der Waals surface area contributed by atoms with Gasteiger partial charge in [-0.25, -0.2) is 0 Å². The van der Waals surface area contributed by atoms with Crippen LogP contribution < -0.4 is 9.47 Å². The van der Waals surface area contributed by atoms with Crippen molar-refractivity contribution in [1.29, 1.82) is 0 Å². The van der Waals surface area contributed by atoms with Gasteiger partial charge in [0.1, 0.15) is 11.5 Å². The zero-order valence-corrected chi connectivity index (χ0v) is 38.2. The van der Waals surface area contributed by atoms with Crippen LogP contribution in [0.2, 0.25) is 10.0 Å². The highest BCUT2D eigenvalue weighted by atomic mass is 35.5. The molecule has 2 aromatic heterocycles. The lowest BCUT2D eigenvalue weighted by molar-refractivity contribution is -0.141. The molecule has 0 unspecified atom stereocenters. The lowest BCUT2D eigenvalue weighted by Crippen LogP contribution is -2.20. The molecule has 0 saturated heterocycles. The summed E-state index contributed by atoms with van der Waals surface area (Å²) in [5.41, 5.74) is 8.09. The number of benzene rings is 4. The molecule has 8 rings (SSSR count). The Morgan fingerprint density at radius 3 is 1.33 bits per heavy atom. The summed E-state index contributed by atoms with van der Waals surface area (Å²) in [4.78, 5) is 36.3. The molecule has 6 aromatic rings. The second-order valence-electron chi connectivity index (χ2n) is 15.5. The van der Waals surface area contributed by atoms with Crippen molar-refractivity contribution in [2.75, 3.05) is 27.3 Å². The highest BCUT2D eigenvalue weighted by molar-refractivity contribution is 6.32. The molecule has 0 aliphatic carbocycles. The minimum atomic E-state index is -0.195. The highest BCUT2D eigenvalue weighted by Gasteiger charge is 2.23. The van der Waals surface area contributed by atoms with Crippen LogP contribution in [0, 0.1) is 0 Å². The smallest absolute Gasteiger partial charge is 0.306 e. The maximum absolute atomic E-state index is 11.4. The van der Waals surface area contributed by atoms with Crippen molar-refractivity contribution in [3.8, 4) is 57.2 Å². The number of aromatic nitrogens is 4. The van der Waals surface area contributed by atoms with Gasteiger partial charge in [0.2, 0.25) is 11.6 Å². The SMILES string of the molecule is COC(=O)CCN1Cc2ccc(-c3nc(-c4ccc(OC(C)C)c(Cl)c4)no3)cc2C1.COC(=O)CCN1Cc2ccc(-c3nc(-c4ccc(OC(C)C)c(Cl)c4)no3)cc2C1.Cl. The number of hydrogen-bond donors (Lipinski definition) is 0. The van der Waals surface area contributed by atoms with Crippen molar-refractivity contribution in [2.45, 2.75) is 78.9 Å². The summed E-state index contributed by atoms with van der Waals surface area (Å²) in [6.45, 7) is 12.3. The summed E-state index contributed by atoms with van der Waals surface area (Å²) in [5, 5.41) is 9.23. The number of carbonyl (C=O) groups is 2. The first-order valence-corrected chi connectivity index (χ1v) is 21.0. The number of ether oxygens (including phenoxy) is 4. The standard InChI is InChI=1S/2C23H24ClN3O4.ClH/c2*1-14(2)30-20-7-6-15(11-19(20)24)22-25-23(31-26-22)16-4-5-17-12-27(13-18(17)10-16)9-8-21(28)29-3;/h2*4-7,10-11,14H,8-9,12-13H2,1-3H3;1H. The first-order chi connectivity index (χ1) is 29.8. The van der Waals surface area contributed by atoms with Crippen LogP contribution in [0.25, 0.3) is 45.7 Å². The summed E-state index contributed by atoms with van der Waals surface area (Å²) >= 11 is 12.7. The molecule has 17 heteroatoms. The second kappa shape index (κ2) is 21.2. The molecule has 0 fully saturated rings. The Kier molecular flexibility index (Phi) is 15.8. The molecular formula is C46H49Cl3N6O8. The molecule has 4 aromatic carbocycles. The van der Waals surface area contributed by atoms with Crippen molar-refractivity contribution >= 4 is 47.5 Å². The Morgan fingerprint density at radius 2 is 0.968 bits per heavy atom. The third-order valence-electron chi connectivity index (χ3n) is 10.2. The Hall–Kier alpha value is -5.51. The summed E-state index contributed by atoms with van der Waals surface area (Å²) in [5.74, 6) is 2.69. The fourth-order valence-electron chi connectivity index (χ4n) is 7.11. The van der Waals surface area contributed by atoms with E-state index in [1.807, 2.05) is 64.1 Å². The molecule has 0 bridgehead atoms. The van der Waals surface area contributed by atoms with Crippen molar-refractivity contribution in [3.05, 3.63) is 105 Å². The Labute approximate surface area is 382 Å². The van der Waals surface area contributed by atoms with Gasteiger partial charge in [0.05, 0.1) is 49.3 Å². The van der Waals surface area contributed by atoms with Crippen LogP contribution in [0.3, 0.4) is 0 Å². The van der Waals surface area contributed by atoms with Gasteiger partial charge in [-0.1, -0.05) is 45.6 Å². The Morgan fingerprint density at radius 1 is 0.587 bits per heavy atom. The summed E-state index contributed by atoms with van der Waals surface area (Å²) in [6.07, 6.45) is 0.842. The van der Waals surface area contributed by atoms with Gasteiger partial charge < -0.3 is 28.0 Å². The third kappa shape index (κ3) is 11.9. The molecule has 332 valence electrons. The first kappa shape index (κ1) is 47.0. The van der Waals surface area contributed by atoms with E-state index in [9.17, 15) is 9.59 Å². The molecule has 2 aliphatic heterocycles. The maximum Gasteiger partial charge on any atom is 0.306 e. The minimum Gasteiger partial charge on any atom is -0.489 e. The molecule has 0 radical (unpaired) electrons. The molecule has 0 saturated carbocycles. The number of esters is 2. The predicted molar refractivity (Wildman–Crippen MR) is 241 cm³/mol. The largest absolute Gasteiger partial charge is 0.489 e. The van der Waals surface area contributed by atoms with E-state index in [1.54, 1.807) is 12.1 Å². The molecule has 4 heterocycles. The fourth-order valence-corrected chi connectivity index (χ4v) is 7.56. The van der Waals surface area contributed by atoms with Crippen LogP contribution in [0.5, 0.6) is 11.5 Å². The first-order valence-electron chi connectivity index (χ1n) is 20.3. The van der Waals surface area contributed by atoms with Crippen molar-refractivity contribution in [3.63, 3.8) is 0 Å². The van der Waals surface area contributed by atoms with Crippen LogP contribution in [-0.4, -0.2) is 81.5 Å². The van der Waals surface area contributed by atoms with Crippen LogP contribution in [0.4, 0.5) is 0 Å². The average Bonchev–Trinajstić information content (AvgIpc) is 4.09. The van der Waals surface area contributed by atoms with E-state index in [-0.39, 0.29) is 36.6 Å². The fraction of sp³-hybridized carbons (Fsp3) is 0.348. The van der Waals surface area contributed by atoms with Crippen molar-refractivity contribution in [2.24, 2.45) is 0 Å². The van der Waals surface area contributed by atoms with Gasteiger partial charge in [0.25, 0.3) is 11.8 Å². The highest BCUT2D eigenvalue weighted by Crippen LogP contribution is 2.34. The summed E-state index contributed by atoms with van der Waals surface area (Å²) in [7, 11) is 2.82. The molecule has 0 atom stereocenters. The van der Waals surface area contributed by atoms with Gasteiger partial charge in [-0.3, -0.25) is 19.4 Å². The predicted octanol–water partition coefficient (Wildman–Crippen LogP) is 9.87. The van der Waals surface area contributed by atoms with Crippen LogP contribution in [0.1, 0.15) is 62.8 Å². The zero-order valence-electron chi connectivity index (χ0n) is 35.9. The van der Waals surface area contributed by atoms with E-state index in [1.165, 1.54) is 36.5 Å². The zero-order chi connectivity index (χ0) is 43.9. The molecule has 2 aliphatic rings. The lowest BCUT2D eigenvalue weighted by atomic mass is 10.1. The monoisotopic (exact) mass is 918 g/mol. The van der Waals surface area contributed by atoms with E-state index in [0.29, 0.717) is 70.9 Å². The van der Waals surface area contributed by atoms with Crippen molar-refractivity contribution < 1.29 is 37.6 Å². The van der Waals surface area contributed by atoms with E-state index in [2.05, 4.69) is 54.3 Å². The minimum absolute atomic E-state index is 0. The molecule has 0 amide bonds. The third-order valence-corrected chi connectivity index (χ3v) is 10.8. The molecule has 0 spiro atoms. The average molecular weight is 920 g/mol. The lowest BCUT2D eigenvalue weighted by Gasteiger charge is -2.13. The number of rotatable bonds is 14. The van der Waals surface area contributed by atoms with Crippen LogP contribution in [-0.2, 0) is 45.2 Å². The second-order valence-corrected chi connectivity index (χ2v) is 16.3. The molecule has 0 N–H and O–H groups in total. The normalized spacial score (nSPS) is 13.2. The van der Waals surface area contributed by atoms with Crippen LogP contribution >= 0.6 is 35.6 Å². The number of fused-ring (bicyclic) bond motifs is 2. The quantitative estimate of drug-likeness (QED) is 0.0952. The summed E-state index contributed by atoms with van der Waals surface area (Å²) < 4.78 is 31.8. The number of methoxy groups -OCH3 is 2. The Balaban J connectivity index is 0.000000206. The van der Waals surface area contributed by atoms with Gasteiger partial charge in [0, 0.05) is 61.5 Å². The Bertz CT molecular complexity index is 2370. The van der Waals surface area contributed by atoms with Gasteiger partial charge in [0.15, 0.2) is 0 Å².